The molecule has 0 aromatic heterocycles. The molecule has 0 amide bonds. The molecular formula is C14H22F2O6S. The van der Waals surface area contributed by atoms with E-state index in [1.54, 1.807) is 0 Å². The maximum Gasteiger partial charge on any atom is 0.465 e. The van der Waals surface area contributed by atoms with Crippen LogP contribution in [-0.4, -0.2) is 41.5 Å². The van der Waals surface area contributed by atoms with Crippen molar-refractivity contribution in [2.24, 2.45) is 11.8 Å². The lowest BCUT2D eigenvalue weighted by Crippen LogP contribution is -2.41. The Morgan fingerprint density at radius 2 is 1.83 bits per heavy atom. The van der Waals surface area contributed by atoms with E-state index in [0.717, 1.165) is 19.3 Å². The summed E-state index contributed by atoms with van der Waals surface area (Å²) in [5.74, 6) is -1.33. The van der Waals surface area contributed by atoms with Gasteiger partial charge in [0, 0.05) is 0 Å². The molecule has 0 spiro atoms. The van der Waals surface area contributed by atoms with Crippen molar-refractivity contribution < 1.29 is 36.4 Å². The van der Waals surface area contributed by atoms with Gasteiger partial charge in [-0.15, -0.1) is 0 Å². The number of alkyl halides is 2. The second-order valence-electron chi connectivity index (χ2n) is 6.76. The molecule has 6 nitrogen and oxygen atoms in total. The third-order valence-electron chi connectivity index (χ3n) is 4.81. The zero-order valence-corrected chi connectivity index (χ0v) is 13.5. The van der Waals surface area contributed by atoms with Crippen LogP contribution in [0, 0.1) is 11.8 Å². The first-order valence-electron chi connectivity index (χ1n) is 7.78. The Balaban J connectivity index is 1.78. The first kappa shape index (κ1) is 18.5. The van der Waals surface area contributed by atoms with Crippen molar-refractivity contribution in [3.05, 3.63) is 0 Å². The molecule has 2 bridgehead atoms. The van der Waals surface area contributed by atoms with Crippen LogP contribution >= 0.6 is 0 Å². The van der Waals surface area contributed by atoms with E-state index in [-0.39, 0.29) is 6.42 Å². The molecule has 2 aliphatic rings. The lowest BCUT2D eigenvalue weighted by molar-refractivity contribution is -0.162. The van der Waals surface area contributed by atoms with Crippen molar-refractivity contribution in [2.75, 3.05) is 6.61 Å². The van der Waals surface area contributed by atoms with Gasteiger partial charge in [-0.25, -0.2) is 4.79 Å². The minimum absolute atomic E-state index is 0.156. The number of carbonyl (C=O) groups excluding carboxylic acids is 1. The summed E-state index contributed by atoms with van der Waals surface area (Å²) in [6.45, 7) is -0.429. The summed E-state index contributed by atoms with van der Waals surface area (Å²) in [6, 6.07) is 0. The lowest BCUT2D eigenvalue weighted by Gasteiger charge is -2.44. The molecule has 0 aliphatic heterocycles. The predicted molar refractivity (Wildman–Crippen MR) is 76.3 cm³/mol. The zero-order chi connectivity index (χ0) is 17.3. The van der Waals surface area contributed by atoms with Crippen LogP contribution in [0.2, 0.25) is 0 Å². The summed E-state index contributed by atoms with van der Waals surface area (Å²) in [6.07, 6.45) is 6.28. The van der Waals surface area contributed by atoms with Gasteiger partial charge in [-0.1, -0.05) is 19.3 Å². The molecule has 2 fully saturated rings. The van der Waals surface area contributed by atoms with Crippen molar-refractivity contribution in [1.29, 1.82) is 0 Å². The third kappa shape index (κ3) is 4.39. The number of carbonyl (C=O) groups is 1. The van der Waals surface area contributed by atoms with E-state index >= 15 is 0 Å². The Labute approximate surface area is 134 Å². The standard InChI is InChI=1S/C14H22F2O6S/c15-14(16,23(19,20)21)12(17)22-6-2-5-13(18)8-10-3-1-4-11(7-10)9-13/h10-11,18H,1-9H2,(H,19,20,21). The number of hydrogen-bond acceptors (Lipinski definition) is 5. The molecule has 9 heteroatoms. The van der Waals surface area contributed by atoms with E-state index in [1.165, 1.54) is 6.42 Å². The maximum absolute atomic E-state index is 13.0. The van der Waals surface area contributed by atoms with Gasteiger partial charge < -0.3 is 9.84 Å². The van der Waals surface area contributed by atoms with Crippen LogP contribution in [0.5, 0.6) is 0 Å². The van der Waals surface area contributed by atoms with E-state index in [9.17, 15) is 27.1 Å². The maximum atomic E-state index is 13.0. The fourth-order valence-corrected chi connectivity index (χ4v) is 4.16. The Hall–Kier alpha value is -0.800. The molecule has 2 saturated carbocycles. The van der Waals surface area contributed by atoms with Crippen LogP contribution in [0.1, 0.15) is 51.4 Å². The van der Waals surface area contributed by atoms with Gasteiger partial charge in [0.05, 0.1) is 12.2 Å². The van der Waals surface area contributed by atoms with Crippen LogP contribution in [0.4, 0.5) is 8.78 Å². The van der Waals surface area contributed by atoms with Gasteiger partial charge in [0.15, 0.2) is 0 Å². The molecular weight excluding hydrogens is 334 g/mol. The molecule has 23 heavy (non-hydrogen) atoms. The molecule has 0 heterocycles. The van der Waals surface area contributed by atoms with Gasteiger partial charge in [-0.2, -0.15) is 17.2 Å². The smallest absolute Gasteiger partial charge is 0.460 e. The van der Waals surface area contributed by atoms with Crippen LogP contribution < -0.4 is 0 Å². The molecule has 2 aliphatic carbocycles. The van der Waals surface area contributed by atoms with Gasteiger partial charge in [0.2, 0.25) is 0 Å². The molecule has 0 saturated heterocycles. The Morgan fingerprint density at radius 3 is 2.35 bits per heavy atom. The third-order valence-corrected chi connectivity index (χ3v) is 5.62. The van der Waals surface area contributed by atoms with E-state index in [4.69, 9.17) is 4.55 Å². The molecule has 0 aromatic carbocycles. The van der Waals surface area contributed by atoms with E-state index in [2.05, 4.69) is 4.74 Å². The SMILES string of the molecule is O=C(OCCCC1(O)CC2CCCC(C2)C1)C(F)(F)S(=O)(=O)O. The first-order valence-corrected chi connectivity index (χ1v) is 9.22. The fraction of sp³-hybridized carbons (Fsp3) is 0.929. The van der Waals surface area contributed by atoms with Gasteiger partial charge in [-0.05, 0) is 43.9 Å². The topological polar surface area (TPSA) is 101 Å². The second-order valence-corrected chi connectivity index (χ2v) is 8.23. The number of hydrogen-bond donors (Lipinski definition) is 2. The molecule has 2 N–H and O–H groups in total. The van der Waals surface area contributed by atoms with Gasteiger partial charge in [-0.3, -0.25) is 4.55 Å². The minimum atomic E-state index is -5.84. The van der Waals surface area contributed by atoms with Gasteiger partial charge in [0.25, 0.3) is 0 Å². The first-order chi connectivity index (χ1) is 10.5. The molecule has 0 aromatic rings. The van der Waals surface area contributed by atoms with Gasteiger partial charge >= 0.3 is 21.3 Å². The largest absolute Gasteiger partial charge is 0.465 e. The van der Waals surface area contributed by atoms with Crippen LogP contribution in [0.25, 0.3) is 0 Å². The zero-order valence-electron chi connectivity index (χ0n) is 12.7. The number of halogens is 2. The highest BCUT2D eigenvalue weighted by molar-refractivity contribution is 7.87. The molecule has 2 unspecified atom stereocenters. The highest BCUT2D eigenvalue weighted by atomic mass is 32.2. The summed E-state index contributed by atoms with van der Waals surface area (Å²) in [5.41, 5.74) is -0.869. The Bertz CT molecular complexity index is 535. The highest BCUT2D eigenvalue weighted by Crippen LogP contribution is 2.46. The van der Waals surface area contributed by atoms with E-state index in [1.807, 2.05) is 0 Å². The highest BCUT2D eigenvalue weighted by Gasteiger charge is 2.54. The number of rotatable bonds is 6. The molecule has 2 atom stereocenters. The van der Waals surface area contributed by atoms with E-state index in [0.29, 0.717) is 31.1 Å². The normalized spacial score (nSPS) is 31.7. The number of aliphatic hydroxyl groups is 1. The second kappa shape index (κ2) is 6.60. The number of ether oxygens (including phenoxy) is 1. The van der Waals surface area contributed by atoms with Crippen molar-refractivity contribution in [3.63, 3.8) is 0 Å². The molecule has 134 valence electrons. The summed E-state index contributed by atoms with van der Waals surface area (Å²) in [7, 11) is -5.84. The quantitative estimate of drug-likeness (QED) is 0.429. The van der Waals surface area contributed by atoms with Gasteiger partial charge in [0.1, 0.15) is 0 Å². The minimum Gasteiger partial charge on any atom is -0.460 e. The summed E-state index contributed by atoms with van der Waals surface area (Å²) < 4.78 is 59.3. The summed E-state index contributed by atoms with van der Waals surface area (Å²) in [4.78, 5) is 11.0. The van der Waals surface area contributed by atoms with Crippen molar-refractivity contribution >= 4 is 16.1 Å². The molecule has 2 rings (SSSR count). The average molecular weight is 356 g/mol. The van der Waals surface area contributed by atoms with Crippen LogP contribution in [0.15, 0.2) is 0 Å². The summed E-state index contributed by atoms with van der Waals surface area (Å²) in [5, 5.41) is 5.64. The van der Waals surface area contributed by atoms with Crippen molar-refractivity contribution in [2.45, 2.75) is 62.2 Å². The summed E-state index contributed by atoms with van der Waals surface area (Å²) >= 11 is 0. The Morgan fingerprint density at radius 1 is 1.26 bits per heavy atom. The number of esters is 1. The van der Waals surface area contributed by atoms with Crippen molar-refractivity contribution in [1.82, 2.24) is 0 Å². The predicted octanol–water partition coefficient (Wildman–Crippen LogP) is 2.12. The Kier molecular flexibility index (Phi) is 5.32. The monoisotopic (exact) mass is 356 g/mol. The molecule has 0 radical (unpaired) electrons. The lowest BCUT2D eigenvalue weighted by atomic mass is 9.65. The van der Waals surface area contributed by atoms with Crippen LogP contribution in [0.3, 0.4) is 0 Å². The van der Waals surface area contributed by atoms with E-state index < -0.39 is 33.5 Å². The van der Waals surface area contributed by atoms with Crippen molar-refractivity contribution in [3.8, 4) is 0 Å². The fourth-order valence-electron chi connectivity index (χ4n) is 3.89. The number of fused-ring (bicyclic) bond motifs is 2. The average Bonchev–Trinajstić information content (AvgIpc) is 2.41. The van der Waals surface area contributed by atoms with Crippen LogP contribution in [-0.2, 0) is 19.6 Å².